The average molecular weight is 703 g/mol. The van der Waals surface area contributed by atoms with Crippen LogP contribution >= 0.6 is 0 Å². The maximum atomic E-state index is 13.9. The Morgan fingerprint density at radius 3 is 1.53 bits per heavy atom. The lowest BCUT2D eigenvalue weighted by molar-refractivity contribution is -0.317. The van der Waals surface area contributed by atoms with Gasteiger partial charge in [-0.1, -0.05) is 121 Å². The van der Waals surface area contributed by atoms with Gasteiger partial charge in [0.1, 0.15) is 30.5 Å². The zero-order valence-electron chi connectivity index (χ0n) is 26.3. The van der Waals surface area contributed by atoms with Gasteiger partial charge in [-0.25, -0.2) is 0 Å². The number of rotatable bonds is 16. The van der Waals surface area contributed by atoms with Crippen LogP contribution in [0.3, 0.4) is 0 Å². The number of benzene rings is 4. The third kappa shape index (κ3) is 10.4. The van der Waals surface area contributed by atoms with E-state index in [-0.39, 0.29) is 33.0 Å². The van der Waals surface area contributed by atoms with Crippen molar-refractivity contribution in [3.8, 4) is 0 Å². The SMILES string of the molecule is O=S(=O)(O[C@H]1[C@@H](OCc2ccccc2)[C@@H](OCc2ccccc2)[C@H](O)O[C@H]1[C@H](COCc1ccccc1)OCc1ccccc1)C(F)(F)F. The molecule has 1 saturated heterocycles. The lowest BCUT2D eigenvalue weighted by Crippen LogP contribution is -2.64. The highest BCUT2D eigenvalue weighted by Gasteiger charge is 2.57. The Balaban J connectivity index is 1.49. The second kappa shape index (κ2) is 17.3. The van der Waals surface area contributed by atoms with E-state index in [0.29, 0.717) is 16.7 Å². The molecule has 262 valence electrons. The van der Waals surface area contributed by atoms with Gasteiger partial charge in [-0.15, -0.1) is 0 Å². The van der Waals surface area contributed by atoms with Crippen molar-refractivity contribution >= 4 is 10.1 Å². The standard InChI is InChI=1S/C36H37F3O9S/c37-36(38,39)49(41,42)48-33-31(30(44-22-27-15-7-2-8-16-27)25-43-21-26-13-5-1-6-14-26)47-35(40)34(46-24-29-19-11-4-12-20-29)32(33)45-23-28-17-9-3-10-18-28/h1-20,30-35,40H,21-25H2/t30-,31-,32+,33+,34+,35+/m0/s1. The fourth-order valence-electron chi connectivity index (χ4n) is 5.24. The van der Waals surface area contributed by atoms with Gasteiger partial charge in [-0.2, -0.15) is 21.6 Å². The lowest BCUT2D eigenvalue weighted by Gasteiger charge is -2.46. The highest BCUT2D eigenvalue weighted by Crippen LogP contribution is 2.36. The topological polar surface area (TPSA) is 110 Å². The Morgan fingerprint density at radius 2 is 1.06 bits per heavy atom. The fraction of sp³-hybridized carbons (Fsp3) is 0.333. The molecule has 6 atom stereocenters. The van der Waals surface area contributed by atoms with Crippen molar-refractivity contribution in [2.45, 2.75) is 68.7 Å². The first-order chi connectivity index (χ1) is 23.6. The van der Waals surface area contributed by atoms with Crippen molar-refractivity contribution in [3.63, 3.8) is 0 Å². The molecule has 0 radical (unpaired) electrons. The molecule has 1 heterocycles. The van der Waals surface area contributed by atoms with E-state index in [1.54, 1.807) is 91.0 Å². The summed E-state index contributed by atoms with van der Waals surface area (Å²) in [4.78, 5) is 0. The average Bonchev–Trinajstić information content (AvgIpc) is 3.10. The monoisotopic (exact) mass is 702 g/mol. The summed E-state index contributed by atoms with van der Waals surface area (Å²) in [6.45, 7) is -0.494. The minimum Gasteiger partial charge on any atom is -0.374 e. The predicted molar refractivity (Wildman–Crippen MR) is 172 cm³/mol. The van der Waals surface area contributed by atoms with Crippen molar-refractivity contribution in [2.75, 3.05) is 6.61 Å². The third-order valence-electron chi connectivity index (χ3n) is 7.71. The maximum Gasteiger partial charge on any atom is 0.523 e. The Bertz CT molecular complexity index is 1650. The van der Waals surface area contributed by atoms with Gasteiger partial charge >= 0.3 is 15.6 Å². The summed E-state index contributed by atoms with van der Waals surface area (Å²) in [5.41, 5.74) is -2.95. The molecule has 49 heavy (non-hydrogen) atoms. The highest BCUT2D eigenvalue weighted by atomic mass is 32.2. The molecule has 4 aromatic carbocycles. The van der Waals surface area contributed by atoms with Crippen LogP contribution in [0.2, 0.25) is 0 Å². The Kier molecular flexibility index (Phi) is 12.9. The first-order valence-electron chi connectivity index (χ1n) is 15.5. The van der Waals surface area contributed by atoms with Gasteiger partial charge in [-0.3, -0.25) is 4.18 Å². The molecule has 9 nitrogen and oxygen atoms in total. The van der Waals surface area contributed by atoms with E-state index in [1.807, 2.05) is 30.3 Å². The largest absolute Gasteiger partial charge is 0.523 e. The normalized spacial score (nSPS) is 22.1. The van der Waals surface area contributed by atoms with Crippen molar-refractivity contribution in [3.05, 3.63) is 144 Å². The summed E-state index contributed by atoms with van der Waals surface area (Å²) < 4.78 is 102. The van der Waals surface area contributed by atoms with E-state index in [2.05, 4.69) is 0 Å². The molecule has 1 fully saturated rings. The highest BCUT2D eigenvalue weighted by molar-refractivity contribution is 7.87. The molecule has 0 aromatic heterocycles. The Labute approximate surface area is 283 Å². The van der Waals surface area contributed by atoms with Crippen LogP contribution in [0.5, 0.6) is 0 Å². The number of alkyl halides is 3. The summed E-state index contributed by atoms with van der Waals surface area (Å²) in [6.07, 6.45) is -9.74. The van der Waals surface area contributed by atoms with Crippen molar-refractivity contribution < 1.29 is 54.6 Å². The number of hydrogen-bond donors (Lipinski definition) is 1. The fourth-order valence-corrected chi connectivity index (χ4v) is 5.86. The lowest BCUT2D eigenvalue weighted by atomic mass is 9.94. The van der Waals surface area contributed by atoms with Crippen LogP contribution in [0, 0.1) is 0 Å². The zero-order valence-corrected chi connectivity index (χ0v) is 27.1. The Morgan fingerprint density at radius 1 is 0.633 bits per heavy atom. The minimum atomic E-state index is -6.21. The van der Waals surface area contributed by atoms with Crippen LogP contribution in [0.1, 0.15) is 22.3 Å². The number of ether oxygens (including phenoxy) is 5. The molecule has 0 amide bonds. The van der Waals surface area contributed by atoms with Gasteiger partial charge in [0.15, 0.2) is 6.29 Å². The summed E-state index contributed by atoms with van der Waals surface area (Å²) >= 11 is 0. The van der Waals surface area contributed by atoms with Crippen LogP contribution in [0.15, 0.2) is 121 Å². The molecule has 1 N–H and O–H groups in total. The smallest absolute Gasteiger partial charge is 0.374 e. The molecule has 0 unspecified atom stereocenters. The van der Waals surface area contributed by atoms with Crippen molar-refractivity contribution in [1.29, 1.82) is 0 Å². The summed E-state index contributed by atoms with van der Waals surface area (Å²) in [6, 6.07) is 35.6. The van der Waals surface area contributed by atoms with Gasteiger partial charge in [0.05, 0.1) is 33.0 Å². The summed E-state index contributed by atoms with van der Waals surface area (Å²) in [5.74, 6) is 0. The molecule has 13 heteroatoms. The van der Waals surface area contributed by atoms with Crippen LogP contribution in [-0.4, -0.2) is 62.4 Å². The molecule has 0 spiro atoms. The molecule has 0 bridgehead atoms. The van der Waals surface area contributed by atoms with Gasteiger partial charge in [0.2, 0.25) is 0 Å². The van der Waals surface area contributed by atoms with Crippen LogP contribution < -0.4 is 0 Å². The number of aliphatic hydroxyl groups is 1. The molecular weight excluding hydrogens is 665 g/mol. The number of hydrogen-bond acceptors (Lipinski definition) is 9. The molecule has 0 saturated carbocycles. The number of halogens is 3. The van der Waals surface area contributed by atoms with Crippen molar-refractivity contribution in [1.82, 2.24) is 0 Å². The van der Waals surface area contributed by atoms with Crippen molar-refractivity contribution in [2.24, 2.45) is 0 Å². The minimum absolute atomic E-state index is 0.0433. The summed E-state index contributed by atoms with van der Waals surface area (Å²) in [5, 5.41) is 11.3. The van der Waals surface area contributed by atoms with E-state index < -0.39 is 52.4 Å². The van der Waals surface area contributed by atoms with E-state index in [4.69, 9.17) is 27.9 Å². The second-order valence-corrected chi connectivity index (χ2v) is 12.9. The summed E-state index contributed by atoms with van der Waals surface area (Å²) in [7, 11) is -6.21. The van der Waals surface area contributed by atoms with Crippen LogP contribution in [-0.2, 0) is 64.4 Å². The molecular formula is C36H37F3O9S. The van der Waals surface area contributed by atoms with E-state index in [9.17, 15) is 26.7 Å². The van der Waals surface area contributed by atoms with Gasteiger partial charge < -0.3 is 28.8 Å². The Hall–Kier alpha value is -3.66. The molecule has 1 aliphatic heterocycles. The van der Waals surface area contributed by atoms with Crippen LogP contribution in [0.4, 0.5) is 13.2 Å². The van der Waals surface area contributed by atoms with E-state index in [0.717, 1.165) is 5.56 Å². The van der Waals surface area contributed by atoms with E-state index in [1.165, 1.54) is 0 Å². The second-order valence-electron chi connectivity index (χ2n) is 11.3. The molecule has 1 aliphatic rings. The van der Waals surface area contributed by atoms with Gasteiger partial charge in [-0.05, 0) is 22.3 Å². The first kappa shape index (κ1) is 36.6. The third-order valence-corrected chi connectivity index (χ3v) is 8.75. The first-order valence-corrected chi connectivity index (χ1v) is 16.9. The molecule has 4 aromatic rings. The predicted octanol–water partition coefficient (Wildman–Crippen LogP) is 5.91. The van der Waals surface area contributed by atoms with Gasteiger partial charge in [0.25, 0.3) is 0 Å². The van der Waals surface area contributed by atoms with Gasteiger partial charge in [0, 0.05) is 0 Å². The maximum absolute atomic E-state index is 13.9. The van der Waals surface area contributed by atoms with Crippen LogP contribution in [0.25, 0.3) is 0 Å². The molecule has 0 aliphatic carbocycles. The zero-order chi connectivity index (χ0) is 34.7. The number of aliphatic hydroxyl groups excluding tert-OH is 1. The molecule has 5 rings (SSSR count). The van der Waals surface area contributed by atoms with E-state index >= 15 is 0 Å². The quantitative estimate of drug-likeness (QED) is 0.113.